The molecule has 0 saturated heterocycles. The SMILES string of the molecule is CCc1nc(N)c(C)c(N(CCO)CCO)n1. The largest absolute Gasteiger partial charge is 0.395 e. The summed E-state index contributed by atoms with van der Waals surface area (Å²) < 4.78 is 0. The van der Waals surface area contributed by atoms with Crippen molar-refractivity contribution >= 4 is 11.6 Å². The lowest BCUT2D eigenvalue weighted by Gasteiger charge is -2.24. The Morgan fingerprint density at radius 2 is 1.76 bits per heavy atom. The highest BCUT2D eigenvalue weighted by Gasteiger charge is 2.14. The zero-order valence-corrected chi connectivity index (χ0v) is 10.3. The van der Waals surface area contributed by atoms with Gasteiger partial charge in [-0.1, -0.05) is 6.92 Å². The monoisotopic (exact) mass is 240 g/mol. The number of nitrogens with zero attached hydrogens (tertiary/aromatic N) is 3. The van der Waals surface area contributed by atoms with Crippen LogP contribution in [0.4, 0.5) is 11.6 Å². The molecule has 4 N–H and O–H groups in total. The lowest BCUT2D eigenvalue weighted by atomic mass is 10.2. The number of anilines is 2. The third-order valence-electron chi connectivity index (χ3n) is 2.56. The van der Waals surface area contributed by atoms with Crippen LogP contribution < -0.4 is 10.6 Å². The Morgan fingerprint density at radius 1 is 1.18 bits per heavy atom. The fraction of sp³-hybridized carbons (Fsp3) is 0.636. The number of aryl methyl sites for hydroxylation is 1. The average molecular weight is 240 g/mol. The van der Waals surface area contributed by atoms with Crippen molar-refractivity contribution in [2.75, 3.05) is 36.9 Å². The fourth-order valence-corrected chi connectivity index (χ4v) is 1.60. The van der Waals surface area contributed by atoms with Gasteiger partial charge in [0.05, 0.1) is 13.2 Å². The predicted molar refractivity (Wildman–Crippen MR) is 66.9 cm³/mol. The molecule has 0 saturated carbocycles. The molecule has 0 fully saturated rings. The van der Waals surface area contributed by atoms with Gasteiger partial charge in [-0.2, -0.15) is 0 Å². The molecule has 0 unspecified atom stereocenters. The van der Waals surface area contributed by atoms with Crippen molar-refractivity contribution in [3.8, 4) is 0 Å². The van der Waals surface area contributed by atoms with Crippen molar-refractivity contribution < 1.29 is 10.2 Å². The fourth-order valence-electron chi connectivity index (χ4n) is 1.60. The molecule has 0 aliphatic heterocycles. The summed E-state index contributed by atoms with van der Waals surface area (Å²) in [5.74, 6) is 1.81. The molecule has 1 aromatic heterocycles. The first kappa shape index (κ1) is 13.7. The summed E-state index contributed by atoms with van der Waals surface area (Å²) in [4.78, 5) is 10.4. The number of aromatic nitrogens is 2. The maximum Gasteiger partial charge on any atom is 0.137 e. The lowest BCUT2D eigenvalue weighted by molar-refractivity contribution is 0.280. The van der Waals surface area contributed by atoms with E-state index in [0.29, 0.717) is 37.0 Å². The normalized spacial score (nSPS) is 10.6. The van der Waals surface area contributed by atoms with E-state index in [9.17, 15) is 0 Å². The maximum absolute atomic E-state index is 9.01. The minimum atomic E-state index is 0.00477. The molecule has 0 radical (unpaired) electrons. The summed E-state index contributed by atoms with van der Waals surface area (Å²) in [6.45, 7) is 4.64. The number of nitrogens with two attached hydrogens (primary N) is 1. The van der Waals surface area contributed by atoms with Crippen LogP contribution in [0.25, 0.3) is 0 Å². The van der Waals surface area contributed by atoms with Gasteiger partial charge < -0.3 is 20.8 Å². The van der Waals surface area contributed by atoms with Crippen LogP contribution in [0.15, 0.2) is 0 Å². The second-order valence-corrected chi connectivity index (χ2v) is 3.76. The van der Waals surface area contributed by atoms with Gasteiger partial charge in [0.15, 0.2) is 0 Å². The van der Waals surface area contributed by atoms with Gasteiger partial charge in [0.1, 0.15) is 17.5 Å². The molecule has 0 aromatic carbocycles. The van der Waals surface area contributed by atoms with Gasteiger partial charge in [-0.25, -0.2) is 9.97 Å². The molecule has 0 amide bonds. The zero-order valence-electron chi connectivity index (χ0n) is 10.3. The lowest BCUT2D eigenvalue weighted by Crippen LogP contribution is -2.31. The van der Waals surface area contributed by atoms with E-state index in [1.54, 1.807) is 0 Å². The topological polar surface area (TPSA) is 95.5 Å². The van der Waals surface area contributed by atoms with Gasteiger partial charge in [-0.05, 0) is 6.92 Å². The van der Waals surface area contributed by atoms with Gasteiger partial charge >= 0.3 is 0 Å². The zero-order chi connectivity index (χ0) is 12.8. The summed E-state index contributed by atoms with van der Waals surface area (Å²) >= 11 is 0. The molecule has 0 aliphatic carbocycles. The van der Waals surface area contributed by atoms with Crippen molar-refractivity contribution in [1.29, 1.82) is 0 Å². The summed E-state index contributed by atoms with van der Waals surface area (Å²) in [5, 5.41) is 18.0. The van der Waals surface area contributed by atoms with Crippen LogP contribution >= 0.6 is 0 Å². The van der Waals surface area contributed by atoms with E-state index in [4.69, 9.17) is 15.9 Å². The first-order valence-corrected chi connectivity index (χ1v) is 5.73. The number of hydrogen-bond donors (Lipinski definition) is 3. The molecule has 17 heavy (non-hydrogen) atoms. The first-order valence-electron chi connectivity index (χ1n) is 5.73. The van der Waals surface area contributed by atoms with Crippen molar-refractivity contribution in [3.63, 3.8) is 0 Å². The van der Waals surface area contributed by atoms with E-state index in [-0.39, 0.29) is 13.2 Å². The standard InChI is InChI=1S/C11H20N4O2/c1-3-9-13-10(12)8(2)11(14-9)15(4-6-16)5-7-17/h16-17H,3-7H2,1-2H3,(H2,12,13,14). The number of rotatable bonds is 6. The highest BCUT2D eigenvalue weighted by atomic mass is 16.3. The molecule has 1 rings (SSSR count). The van der Waals surface area contributed by atoms with Crippen LogP contribution in [0, 0.1) is 6.92 Å². The third kappa shape index (κ3) is 3.28. The molecule has 0 bridgehead atoms. The summed E-state index contributed by atoms with van der Waals surface area (Å²) in [6, 6.07) is 0. The summed E-state index contributed by atoms with van der Waals surface area (Å²) in [5.41, 5.74) is 6.61. The van der Waals surface area contributed by atoms with Gasteiger partial charge in [-0.3, -0.25) is 0 Å². The molecule has 0 aliphatic rings. The Kier molecular flexibility index (Phi) is 5.11. The average Bonchev–Trinajstić information content (AvgIpc) is 2.32. The molecular weight excluding hydrogens is 220 g/mol. The Hall–Kier alpha value is -1.40. The Morgan fingerprint density at radius 3 is 2.24 bits per heavy atom. The van der Waals surface area contributed by atoms with E-state index in [2.05, 4.69) is 9.97 Å². The minimum Gasteiger partial charge on any atom is -0.395 e. The second kappa shape index (κ2) is 6.36. The van der Waals surface area contributed by atoms with Gasteiger partial charge in [0, 0.05) is 25.1 Å². The number of nitrogen functional groups attached to an aromatic ring is 1. The van der Waals surface area contributed by atoms with Gasteiger partial charge in [0.2, 0.25) is 0 Å². The van der Waals surface area contributed by atoms with E-state index < -0.39 is 0 Å². The molecule has 0 atom stereocenters. The predicted octanol–water partition coefficient (Wildman–Crippen LogP) is -0.279. The Balaban J connectivity index is 3.11. The van der Waals surface area contributed by atoms with Crippen molar-refractivity contribution in [1.82, 2.24) is 9.97 Å². The van der Waals surface area contributed by atoms with Crippen LogP contribution in [0.5, 0.6) is 0 Å². The van der Waals surface area contributed by atoms with Gasteiger partial charge in [-0.15, -0.1) is 0 Å². The van der Waals surface area contributed by atoms with E-state index >= 15 is 0 Å². The smallest absolute Gasteiger partial charge is 0.137 e. The number of aliphatic hydroxyl groups excluding tert-OH is 2. The van der Waals surface area contributed by atoms with Crippen molar-refractivity contribution in [3.05, 3.63) is 11.4 Å². The molecular formula is C11H20N4O2. The van der Waals surface area contributed by atoms with Crippen LogP contribution in [-0.2, 0) is 6.42 Å². The quantitative estimate of drug-likeness (QED) is 0.633. The van der Waals surface area contributed by atoms with Gasteiger partial charge in [0.25, 0.3) is 0 Å². The van der Waals surface area contributed by atoms with Crippen LogP contribution in [0.3, 0.4) is 0 Å². The summed E-state index contributed by atoms with van der Waals surface area (Å²) in [7, 11) is 0. The van der Waals surface area contributed by atoms with Crippen molar-refractivity contribution in [2.45, 2.75) is 20.3 Å². The van der Waals surface area contributed by atoms with E-state index in [0.717, 1.165) is 5.56 Å². The highest BCUT2D eigenvalue weighted by Crippen LogP contribution is 2.21. The summed E-state index contributed by atoms with van der Waals surface area (Å²) in [6.07, 6.45) is 0.698. The van der Waals surface area contributed by atoms with E-state index in [1.807, 2.05) is 18.7 Å². The molecule has 96 valence electrons. The Bertz CT molecular complexity index is 365. The molecule has 6 heteroatoms. The van der Waals surface area contributed by atoms with Crippen molar-refractivity contribution in [2.24, 2.45) is 0 Å². The first-order chi connectivity index (χ1) is 8.13. The van der Waals surface area contributed by atoms with E-state index in [1.165, 1.54) is 0 Å². The second-order valence-electron chi connectivity index (χ2n) is 3.76. The number of hydrogen-bond acceptors (Lipinski definition) is 6. The van der Waals surface area contributed by atoms with Crippen LogP contribution in [0.2, 0.25) is 0 Å². The highest BCUT2D eigenvalue weighted by molar-refractivity contribution is 5.56. The molecule has 6 nitrogen and oxygen atoms in total. The Labute approximate surface area is 101 Å². The molecule has 0 spiro atoms. The number of aliphatic hydroxyl groups is 2. The third-order valence-corrected chi connectivity index (χ3v) is 2.56. The van der Waals surface area contributed by atoms with Crippen LogP contribution in [-0.4, -0.2) is 46.5 Å². The molecule has 1 aromatic rings. The van der Waals surface area contributed by atoms with Crippen LogP contribution in [0.1, 0.15) is 18.3 Å². The minimum absolute atomic E-state index is 0.00477. The maximum atomic E-state index is 9.01. The molecule has 1 heterocycles.